The van der Waals surface area contributed by atoms with Crippen molar-refractivity contribution in [2.45, 2.75) is 45.6 Å². The number of aromatic nitrogens is 2. The molecule has 0 saturated carbocycles. The van der Waals surface area contributed by atoms with E-state index in [1.807, 2.05) is 0 Å². The molecular formula is C12H19N3O2. The fourth-order valence-electron chi connectivity index (χ4n) is 2.35. The molecule has 1 fully saturated rings. The van der Waals surface area contributed by atoms with E-state index in [0.717, 1.165) is 25.3 Å². The normalized spacial score (nSPS) is 21.6. The quantitative estimate of drug-likeness (QED) is 0.798. The number of carbonyl (C=O) groups is 1. The van der Waals surface area contributed by atoms with Crippen LogP contribution in [0.25, 0.3) is 0 Å². The Kier molecular flexibility index (Phi) is 3.89. The molecular weight excluding hydrogens is 218 g/mol. The lowest BCUT2D eigenvalue weighted by Crippen LogP contribution is -2.33. The molecule has 5 nitrogen and oxygen atoms in total. The molecule has 5 heteroatoms. The van der Waals surface area contributed by atoms with Crippen molar-refractivity contribution in [3.8, 4) is 0 Å². The largest absolute Gasteiger partial charge is 0.339 e. The van der Waals surface area contributed by atoms with Crippen LogP contribution >= 0.6 is 0 Å². The smallest absolute Gasteiger partial charge is 0.234 e. The first-order chi connectivity index (χ1) is 8.20. The number of carbonyl (C=O) groups excluding carboxylic acids is 1. The van der Waals surface area contributed by atoms with Gasteiger partial charge in [-0.1, -0.05) is 18.5 Å². The lowest BCUT2D eigenvalue weighted by Gasteiger charge is -2.32. The minimum atomic E-state index is 0.0520. The molecule has 1 aromatic heterocycles. The molecule has 1 aliphatic heterocycles. The first kappa shape index (κ1) is 12.2. The number of hydrogen-bond acceptors (Lipinski definition) is 5. The van der Waals surface area contributed by atoms with Crippen molar-refractivity contribution in [1.29, 1.82) is 0 Å². The molecule has 0 aliphatic carbocycles. The number of ketones is 1. The summed E-state index contributed by atoms with van der Waals surface area (Å²) in [6.45, 7) is 5.77. The van der Waals surface area contributed by atoms with Crippen LogP contribution in [-0.4, -0.2) is 33.9 Å². The van der Waals surface area contributed by atoms with Gasteiger partial charge in [-0.25, -0.2) is 0 Å². The fourth-order valence-corrected chi connectivity index (χ4v) is 2.35. The molecule has 1 atom stereocenters. The second kappa shape index (κ2) is 5.40. The third kappa shape index (κ3) is 2.91. The van der Waals surface area contributed by atoms with E-state index in [0.29, 0.717) is 5.89 Å². The zero-order valence-electron chi connectivity index (χ0n) is 10.5. The van der Waals surface area contributed by atoms with Crippen LogP contribution in [0, 0.1) is 0 Å². The highest BCUT2D eigenvalue weighted by Crippen LogP contribution is 2.28. The van der Waals surface area contributed by atoms with E-state index >= 15 is 0 Å². The van der Waals surface area contributed by atoms with Gasteiger partial charge in [-0.15, -0.1) is 0 Å². The predicted octanol–water partition coefficient (Wildman–Crippen LogP) is 1.75. The van der Waals surface area contributed by atoms with Crippen LogP contribution in [0.2, 0.25) is 0 Å². The Morgan fingerprint density at radius 1 is 1.53 bits per heavy atom. The number of piperidine rings is 1. The van der Waals surface area contributed by atoms with Gasteiger partial charge >= 0.3 is 0 Å². The van der Waals surface area contributed by atoms with Crippen molar-refractivity contribution in [1.82, 2.24) is 15.0 Å². The lowest BCUT2D eigenvalue weighted by atomic mass is 10.0. The highest BCUT2D eigenvalue weighted by Gasteiger charge is 2.26. The van der Waals surface area contributed by atoms with Crippen LogP contribution < -0.4 is 0 Å². The number of Topliss-reactive ketones (excluding diaryl/α,β-unsaturated/α-hetero) is 1. The second-order valence-electron chi connectivity index (χ2n) is 4.57. The number of rotatable bonds is 4. The monoisotopic (exact) mass is 237 g/mol. The van der Waals surface area contributed by atoms with Gasteiger partial charge in [-0.3, -0.25) is 9.69 Å². The van der Waals surface area contributed by atoms with Gasteiger partial charge in [0.2, 0.25) is 5.89 Å². The predicted molar refractivity (Wildman–Crippen MR) is 62.5 cm³/mol. The van der Waals surface area contributed by atoms with Crippen LogP contribution in [0.3, 0.4) is 0 Å². The molecule has 0 radical (unpaired) electrons. The molecule has 17 heavy (non-hydrogen) atoms. The Morgan fingerprint density at radius 3 is 3.06 bits per heavy atom. The van der Waals surface area contributed by atoms with Crippen LogP contribution in [0.1, 0.15) is 50.9 Å². The molecule has 94 valence electrons. The van der Waals surface area contributed by atoms with Crippen molar-refractivity contribution < 1.29 is 9.32 Å². The standard InChI is InChI=1S/C12H19N3O2/c1-3-15-7-5-4-6-10(15)12-13-11(17-14-12)8-9(2)16/h10H,3-8H2,1-2H3. The van der Waals surface area contributed by atoms with Crippen LogP contribution in [0.15, 0.2) is 4.52 Å². The summed E-state index contributed by atoms with van der Waals surface area (Å²) in [4.78, 5) is 17.7. The SMILES string of the molecule is CCN1CCCCC1c1noc(CC(C)=O)n1. The van der Waals surface area contributed by atoms with E-state index in [1.165, 1.54) is 19.8 Å². The van der Waals surface area contributed by atoms with Gasteiger partial charge in [0.05, 0.1) is 12.5 Å². The van der Waals surface area contributed by atoms with Gasteiger partial charge in [0.1, 0.15) is 5.78 Å². The minimum absolute atomic E-state index is 0.0520. The number of nitrogens with zero attached hydrogens (tertiary/aromatic N) is 3. The molecule has 1 saturated heterocycles. The Balaban J connectivity index is 2.09. The zero-order chi connectivity index (χ0) is 12.3. The summed E-state index contributed by atoms with van der Waals surface area (Å²) in [6, 6.07) is 0.262. The Morgan fingerprint density at radius 2 is 2.35 bits per heavy atom. The summed E-state index contributed by atoms with van der Waals surface area (Å²) in [7, 11) is 0. The third-order valence-electron chi connectivity index (χ3n) is 3.20. The topological polar surface area (TPSA) is 59.2 Å². The maximum atomic E-state index is 11.0. The van der Waals surface area contributed by atoms with Gasteiger partial charge in [0.15, 0.2) is 5.82 Å². The van der Waals surface area contributed by atoms with Gasteiger partial charge in [-0.2, -0.15) is 4.98 Å². The molecule has 0 amide bonds. The van der Waals surface area contributed by atoms with Crippen molar-refractivity contribution in [2.75, 3.05) is 13.1 Å². The highest BCUT2D eigenvalue weighted by molar-refractivity contribution is 5.77. The molecule has 2 rings (SSSR count). The van der Waals surface area contributed by atoms with Gasteiger partial charge in [0.25, 0.3) is 0 Å². The fraction of sp³-hybridized carbons (Fsp3) is 0.750. The molecule has 1 aromatic rings. The van der Waals surface area contributed by atoms with Crippen molar-refractivity contribution in [3.05, 3.63) is 11.7 Å². The van der Waals surface area contributed by atoms with Crippen LogP contribution in [-0.2, 0) is 11.2 Å². The molecule has 0 spiro atoms. The summed E-state index contributed by atoms with van der Waals surface area (Å²) in [6.07, 6.45) is 3.76. The van der Waals surface area contributed by atoms with E-state index in [4.69, 9.17) is 4.52 Å². The zero-order valence-corrected chi connectivity index (χ0v) is 10.5. The molecule has 0 N–H and O–H groups in total. The third-order valence-corrected chi connectivity index (χ3v) is 3.20. The van der Waals surface area contributed by atoms with Gasteiger partial charge in [0, 0.05) is 0 Å². The summed E-state index contributed by atoms with van der Waals surface area (Å²) in [5.41, 5.74) is 0. The van der Waals surface area contributed by atoms with E-state index < -0.39 is 0 Å². The average Bonchev–Trinajstić information content (AvgIpc) is 2.76. The van der Waals surface area contributed by atoms with E-state index in [1.54, 1.807) is 0 Å². The first-order valence-electron chi connectivity index (χ1n) is 6.26. The maximum Gasteiger partial charge on any atom is 0.234 e. The van der Waals surface area contributed by atoms with Crippen molar-refractivity contribution in [3.63, 3.8) is 0 Å². The first-order valence-corrected chi connectivity index (χ1v) is 6.26. The number of likely N-dealkylation sites (tertiary alicyclic amines) is 1. The Hall–Kier alpha value is -1.23. The maximum absolute atomic E-state index is 11.0. The van der Waals surface area contributed by atoms with Crippen molar-refractivity contribution in [2.24, 2.45) is 0 Å². The molecule has 0 bridgehead atoms. The summed E-state index contributed by atoms with van der Waals surface area (Å²) >= 11 is 0. The van der Waals surface area contributed by atoms with Gasteiger partial charge < -0.3 is 4.52 Å². The minimum Gasteiger partial charge on any atom is -0.339 e. The molecule has 0 aromatic carbocycles. The molecule has 1 unspecified atom stereocenters. The van der Waals surface area contributed by atoms with E-state index in [2.05, 4.69) is 22.0 Å². The van der Waals surface area contributed by atoms with Crippen molar-refractivity contribution >= 4 is 5.78 Å². The summed E-state index contributed by atoms with van der Waals surface area (Å²) in [5.74, 6) is 1.23. The highest BCUT2D eigenvalue weighted by atomic mass is 16.5. The van der Waals surface area contributed by atoms with Crippen LogP contribution in [0.4, 0.5) is 0 Å². The number of hydrogen-bond donors (Lipinski definition) is 0. The van der Waals surface area contributed by atoms with Crippen LogP contribution in [0.5, 0.6) is 0 Å². The van der Waals surface area contributed by atoms with E-state index in [9.17, 15) is 4.79 Å². The van der Waals surface area contributed by atoms with Gasteiger partial charge in [-0.05, 0) is 32.9 Å². The second-order valence-corrected chi connectivity index (χ2v) is 4.57. The van der Waals surface area contributed by atoms with E-state index in [-0.39, 0.29) is 18.2 Å². The Labute approximate surface area is 101 Å². The summed E-state index contributed by atoms with van der Waals surface area (Å²) < 4.78 is 5.11. The molecule has 2 heterocycles. The lowest BCUT2D eigenvalue weighted by molar-refractivity contribution is -0.116. The summed E-state index contributed by atoms with van der Waals surface area (Å²) in [5, 5.41) is 4.01. The molecule has 1 aliphatic rings. The average molecular weight is 237 g/mol. The Bertz CT molecular complexity index is 389.